The summed E-state index contributed by atoms with van der Waals surface area (Å²) < 4.78 is 5.33. The van der Waals surface area contributed by atoms with Crippen LogP contribution in [0.5, 0.6) is 0 Å². The zero-order chi connectivity index (χ0) is 12.6. The summed E-state index contributed by atoms with van der Waals surface area (Å²) in [6, 6.07) is 5.36. The molecule has 0 saturated carbocycles. The number of ether oxygens (including phenoxy) is 1. The number of hydrogen-bond acceptors (Lipinski definition) is 2. The number of carbonyl (C=O) groups excluding carboxylic acids is 1. The van der Waals surface area contributed by atoms with Crippen LogP contribution in [0.15, 0.2) is 18.2 Å². The molecule has 1 amide bonds. The first-order valence-electron chi connectivity index (χ1n) is 5.37. The lowest BCUT2D eigenvalue weighted by Gasteiger charge is -2.34. The van der Waals surface area contributed by atoms with Gasteiger partial charge in [-0.2, -0.15) is 0 Å². The molecule has 0 N–H and O–H groups in total. The summed E-state index contributed by atoms with van der Waals surface area (Å²) in [4.78, 5) is 13.2. The number of amides is 1. The molecule has 1 heterocycles. The maximum Gasteiger partial charge on any atom is 0.410 e. The molecule has 0 spiro atoms. The summed E-state index contributed by atoms with van der Waals surface area (Å²) in [7, 11) is 1.73. The summed E-state index contributed by atoms with van der Waals surface area (Å²) >= 11 is 11.9. The van der Waals surface area contributed by atoms with E-state index < -0.39 is 0 Å². The van der Waals surface area contributed by atoms with Crippen LogP contribution < -0.4 is 0 Å². The SMILES string of the molecule is C[C@H]1C[C@@H](c2cc(Cl)cc(Cl)c2)OC(=O)N1C. The fraction of sp³-hybridized carbons (Fsp3) is 0.417. The maximum atomic E-state index is 11.6. The van der Waals surface area contributed by atoms with Crippen LogP contribution in [0.2, 0.25) is 10.0 Å². The van der Waals surface area contributed by atoms with Crippen molar-refractivity contribution >= 4 is 29.3 Å². The Morgan fingerprint density at radius 2 is 1.88 bits per heavy atom. The highest BCUT2D eigenvalue weighted by atomic mass is 35.5. The molecule has 0 aliphatic carbocycles. The Bertz CT molecular complexity index is 430. The van der Waals surface area contributed by atoms with E-state index in [-0.39, 0.29) is 18.2 Å². The van der Waals surface area contributed by atoms with Gasteiger partial charge in [-0.15, -0.1) is 0 Å². The lowest BCUT2D eigenvalue weighted by atomic mass is 10.0. The Labute approximate surface area is 110 Å². The zero-order valence-corrected chi connectivity index (χ0v) is 11.1. The molecule has 1 aliphatic rings. The van der Waals surface area contributed by atoms with Crippen molar-refractivity contribution < 1.29 is 9.53 Å². The van der Waals surface area contributed by atoms with Crippen molar-refractivity contribution in [3.05, 3.63) is 33.8 Å². The molecule has 0 bridgehead atoms. The number of carbonyl (C=O) groups is 1. The summed E-state index contributed by atoms with van der Waals surface area (Å²) in [6.07, 6.45) is 0.147. The van der Waals surface area contributed by atoms with Gasteiger partial charge in [-0.05, 0) is 30.7 Å². The van der Waals surface area contributed by atoms with Gasteiger partial charge in [0.05, 0.1) is 0 Å². The van der Waals surface area contributed by atoms with E-state index in [1.165, 1.54) is 0 Å². The third-order valence-electron chi connectivity index (χ3n) is 3.00. The van der Waals surface area contributed by atoms with Crippen LogP contribution in [0.4, 0.5) is 4.79 Å². The number of halogens is 2. The van der Waals surface area contributed by atoms with Crippen LogP contribution in [-0.2, 0) is 4.74 Å². The van der Waals surface area contributed by atoms with Crippen molar-refractivity contribution in [1.82, 2.24) is 4.90 Å². The molecular weight excluding hydrogens is 261 g/mol. The first-order chi connectivity index (χ1) is 7.97. The Balaban J connectivity index is 2.25. The number of hydrogen-bond donors (Lipinski definition) is 0. The van der Waals surface area contributed by atoms with Gasteiger partial charge in [-0.3, -0.25) is 0 Å². The van der Waals surface area contributed by atoms with Crippen LogP contribution >= 0.6 is 23.2 Å². The predicted molar refractivity (Wildman–Crippen MR) is 67.5 cm³/mol. The van der Waals surface area contributed by atoms with Gasteiger partial charge in [0.15, 0.2) is 0 Å². The highest BCUT2D eigenvalue weighted by Gasteiger charge is 2.31. The second-order valence-corrected chi connectivity index (χ2v) is 5.14. The van der Waals surface area contributed by atoms with Gasteiger partial charge in [0, 0.05) is 29.6 Å². The van der Waals surface area contributed by atoms with E-state index >= 15 is 0 Å². The number of nitrogens with zero attached hydrogens (tertiary/aromatic N) is 1. The number of rotatable bonds is 1. The van der Waals surface area contributed by atoms with Crippen LogP contribution in [0, 0.1) is 0 Å². The fourth-order valence-corrected chi connectivity index (χ4v) is 2.41. The second-order valence-electron chi connectivity index (χ2n) is 4.27. The van der Waals surface area contributed by atoms with Gasteiger partial charge in [0.2, 0.25) is 0 Å². The molecule has 1 aromatic rings. The maximum absolute atomic E-state index is 11.6. The van der Waals surface area contributed by atoms with E-state index in [1.54, 1.807) is 30.1 Å². The van der Waals surface area contributed by atoms with Gasteiger partial charge in [-0.25, -0.2) is 4.79 Å². The standard InChI is InChI=1S/C12H13Cl2NO2/c1-7-3-11(17-12(16)15(7)2)8-4-9(13)6-10(14)5-8/h4-7,11H,3H2,1-2H3/t7-,11-/m0/s1. The van der Waals surface area contributed by atoms with Crippen LogP contribution in [-0.4, -0.2) is 24.1 Å². The van der Waals surface area contributed by atoms with Crippen molar-refractivity contribution in [2.75, 3.05) is 7.05 Å². The van der Waals surface area contributed by atoms with E-state index in [1.807, 2.05) is 6.92 Å². The molecule has 1 saturated heterocycles. The highest BCUT2D eigenvalue weighted by molar-refractivity contribution is 6.34. The lowest BCUT2D eigenvalue weighted by Crippen LogP contribution is -2.42. The molecule has 17 heavy (non-hydrogen) atoms. The topological polar surface area (TPSA) is 29.5 Å². The third kappa shape index (κ3) is 2.67. The molecule has 2 atom stereocenters. The monoisotopic (exact) mass is 273 g/mol. The molecule has 0 aromatic heterocycles. The summed E-state index contributed by atoms with van der Waals surface area (Å²) in [5.74, 6) is 0. The molecule has 0 unspecified atom stereocenters. The molecule has 1 aliphatic heterocycles. The van der Waals surface area contributed by atoms with Crippen molar-refractivity contribution in [2.24, 2.45) is 0 Å². The van der Waals surface area contributed by atoms with E-state index in [4.69, 9.17) is 27.9 Å². The third-order valence-corrected chi connectivity index (χ3v) is 3.44. The van der Waals surface area contributed by atoms with Crippen LogP contribution in [0.25, 0.3) is 0 Å². The van der Waals surface area contributed by atoms with Crippen LogP contribution in [0.3, 0.4) is 0 Å². The molecule has 0 radical (unpaired) electrons. The predicted octanol–water partition coefficient (Wildman–Crippen LogP) is 3.90. The molecule has 92 valence electrons. The Morgan fingerprint density at radius 3 is 2.41 bits per heavy atom. The molecule has 2 rings (SSSR count). The van der Waals surface area contributed by atoms with Crippen molar-refractivity contribution in [2.45, 2.75) is 25.5 Å². The number of cyclic esters (lactones) is 1. The van der Waals surface area contributed by atoms with Gasteiger partial charge in [0.25, 0.3) is 0 Å². The summed E-state index contributed by atoms with van der Waals surface area (Å²) in [5.41, 5.74) is 0.843. The summed E-state index contributed by atoms with van der Waals surface area (Å²) in [6.45, 7) is 1.99. The van der Waals surface area contributed by atoms with Crippen LogP contribution in [0.1, 0.15) is 25.0 Å². The van der Waals surface area contributed by atoms with Crippen molar-refractivity contribution in [3.8, 4) is 0 Å². The minimum atomic E-state index is -0.315. The normalized spacial score (nSPS) is 24.7. The molecular formula is C12H13Cl2NO2. The van der Waals surface area contributed by atoms with Gasteiger partial charge in [-0.1, -0.05) is 23.2 Å². The highest BCUT2D eigenvalue weighted by Crippen LogP contribution is 2.32. The first kappa shape index (κ1) is 12.5. The Morgan fingerprint density at radius 1 is 1.29 bits per heavy atom. The van der Waals surface area contributed by atoms with E-state index in [2.05, 4.69) is 0 Å². The second kappa shape index (κ2) is 4.75. The average molecular weight is 274 g/mol. The van der Waals surface area contributed by atoms with E-state index in [0.29, 0.717) is 10.0 Å². The van der Waals surface area contributed by atoms with Crippen molar-refractivity contribution in [1.29, 1.82) is 0 Å². The molecule has 1 aromatic carbocycles. The lowest BCUT2D eigenvalue weighted by molar-refractivity contribution is 0.0112. The largest absolute Gasteiger partial charge is 0.441 e. The zero-order valence-electron chi connectivity index (χ0n) is 9.61. The van der Waals surface area contributed by atoms with E-state index in [9.17, 15) is 4.79 Å². The average Bonchev–Trinajstić information content (AvgIpc) is 2.23. The molecule has 5 heteroatoms. The smallest absolute Gasteiger partial charge is 0.410 e. The van der Waals surface area contributed by atoms with Gasteiger partial charge >= 0.3 is 6.09 Å². The Kier molecular flexibility index (Phi) is 3.50. The van der Waals surface area contributed by atoms with Gasteiger partial charge in [0.1, 0.15) is 6.10 Å². The minimum absolute atomic E-state index is 0.138. The fourth-order valence-electron chi connectivity index (χ4n) is 1.87. The minimum Gasteiger partial charge on any atom is -0.441 e. The van der Waals surface area contributed by atoms with E-state index in [0.717, 1.165) is 12.0 Å². The number of benzene rings is 1. The molecule has 3 nitrogen and oxygen atoms in total. The first-order valence-corrected chi connectivity index (χ1v) is 6.12. The Hall–Kier alpha value is -0.930. The van der Waals surface area contributed by atoms with Gasteiger partial charge < -0.3 is 9.64 Å². The van der Waals surface area contributed by atoms with Crippen molar-refractivity contribution in [3.63, 3.8) is 0 Å². The summed E-state index contributed by atoms with van der Waals surface area (Å²) in [5, 5.41) is 1.10. The molecule has 1 fully saturated rings. The quantitative estimate of drug-likeness (QED) is 0.777.